The smallest absolute Gasteiger partial charge is 0.261 e. The van der Waals surface area contributed by atoms with Crippen molar-refractivity contribution in [1.82, 2.24) is 0 Å². The minimum Gasteiger partial charge on any atom is -0.497 e. The molecule has 4 aromatic carbocycles. The molecule has 1 aliphatic carbocycles. The summed E-state index contributed by atoms with van der Waals surface area (Å²) in [5.41, 5.74) is 1.07. The zero-order valence-corrected chi connectivity index (χ0v) is 34.7. The topological polar surface area (TPSA) is 47.9 Å². The van der Waals surface area contributed by atoms with E-state index in [1.807, 2.05) is 24.3 Å². The maximum Gasteiger partial charge on any atom is 0.261 e. The summed E-state index contributed by atoms with van der Waals surface area (Å²) >= 11 is 0. The zero-order valence-electron chi connectivity index (χ0n) is 32.7. The Hall–Kier alpha value is -3.79. The van der Waals surface area contributed by atoms with Gasteiger partial charge in [-0.2, -0.15) is 0 Å². The third kappa shape index (κ3) is 9.30. The standard InChI is InChI=1S/C47H60O4Si2/c1-9-37-28-29-39(35-52(7,8)41-20-14-11-15-21-41)46(50-34-36-26-30-40(49-6)31-27-36)44(37)45(48)38(10-2)32-33-51-53(47(3,4)5,42-22-16-12-17-23-42)43-24-18-13-19-25-43/h9-31,37-39,44-46,48H,1-2,32-35H2,3-8H3/t37-,38+,39+,44+,45-,46+/m0/s1. The molecule has 0 aliphatic heterocycles. The molecule has 280 valence electrons. The zero-order chi connectivity index (χ0) is 38.1. The van der Waals surface area contributed by atoms with E-state index in [9.17, 15) is 5.11 Å². The van der Waals surface area contributed by atoms with Gasteiger partial charge in [0.1, 0.15) is 5.75 Å². The van der Waals surface area contributed by atoms with Crippen molar-refractivity contribution >= 4 is 32.0 Å². The molecule has 1 aliphatic rings. The Morgan fingerprint density at radius 1 is 0.774 bits per heavy atom. The molecule has 0 fully saturated rings. The molecule has 0 saturated heterocycles. The van der Waals surface area contributed by atoms with E-state index in [0.29, 0.717) is 19.6 Å². The minimum atomic E-state index is -2.74. The van der Waals surface area contributed by atoms with Crippen LogP contribution in [-0.2, 0) is 15.8 Å². The lowest BCUT2D eigenvalue weighted by molar-refractivity contribution is -0.0870. The number of aliphatic hydroxyl groups excluding tert-OH is 1. The average molecular weight is 745 g/mol. The van der Waals surface area contributed by atoms with Crippen LogP contribution in [0.4, 0.5) is 0 Å². The van der Waals surface area contributed by atoms with Crippen LogP contribution in [-0.4, -0.2) is 47.4 Å². The van der Waals surface area contributed by atoms with Crippen molar-refractivity contribution in [2.45, 2.75) is 70.2 Å². The number of methoxy groups -OCH3 is 1. The third-order valence-electron chi connectivity index (χ3n) is 11.3. The van der Waals surface area contributed by atoms with Crippen LogP contribution in [0.1, 0.15) is 32.8 Å². The quantitative estimate of drug-likeness (QED) is 0.0867. The van der Waals surface area contributed by atoms with Crippen molar-refractivity contribution in [2.24, 2.45) is 23.7 Å². The highest BCUT2D eigenvalue weighted by Gasteiger charge is 2.50. The molecular weight excluding hydrogens is 685 g/mol. The summed E-state index contributed by atoms with van der Waals surface area (Å²) in [4.78, 5) is 0. The van der Waals surface area contributed by atoms with Crippen LogP contribution in [0.25, 0.3) is 0 Å². The molecule has 0 radical (unpaired) electrons. The Kier molecular flexibility index (Phi) is 13.7. The Morgan fingerprint density at radius 2 is 1.32 bits per heavy atom. The fraction of sp³-hybridized carbons (Fsp3) is 0.362. The molecule has 0 spiro atoms. The van der Waals surface area contributed by atoms with Gasteiger partial charge in [0.2, 0.25) is 0 Å². The van der Waals surface area contributed by atoms with Crippen molar-refractivity contribution in [2.75, 3.05) is 13.7 Å². The van der Waals surface area contributed by atoms with Gasteiger partial charge in [0, 0.05) is 30.3 Å². The van der Waals surface area contributed by atoms with Crippen molar-refractivity contribution < 1.29 is 19.0 Å². The second kappa shape index (κ2) is 18.0. The summed E-state index contributed by atoms with van der Waals surface area (Å²) in [6.07, 6.45) is 8.19. The number of hydrogen-bond donors (Lipinski definition) is 1. The van der Waals surface area contributed by atoms with Crippen molar-refractivity contribution in [3.05, 3.63) is 158 Å². The monoisotopic (exact) mass is 744 g/mol. The van der Waals surface area contributed by atoms with Gasteiger partial charge in [0.05, 0.1) is 34.0 Å². The summed E-state index contributed by atoms with van der Waals surface area (Å²) in [5, 5.41) is 16.3. The van der Waals surface area contributed by atoms with Gasteiger partial charge in [-0.15, -0.1) is 13.2 Å². The Balaban J connectivity index is 1.44. The lowest BCUT2D eigenvalue weighted by atomic mass is 9.70. The summed E-state index contributed by atoms with van der Waals surface area (Å²) in [7, 11) is -2.93. The molecule has 0 bridgehead atoms. The van der Waals surface area contributed by atoms with Gasteiger partial charge in [-0.3, -0.25) is 0 Å². The van der Waals surface area contributed by atoms with Gasteiger partial charge in [0.25, 0.3) is 8.32 Å². The summed E-state index contributed by atoms with van der Waals surface area (Å²) in [6, 6.07) is 41.4. The Morgan fingerprint density at radius 3 is 1.81 bits per heavy atom. The van der Waals surface area contributed by atoms with Crippen molar-refractivity contribution in [1.29, 1.82) is 0 Å². The number of rotatable bonds is 17. The Labute approximate surface area is 321 Å². The van der Waals surface area contributed by atoms with E-state index < -0.39 is 22.5 Å². The molecule has 4 aromatic rings. The van der Waals surface area contributed by atoms with E-state index in [2.05, 4.69) is 162 Å². The minimum absolute atomic E-state index is 0.0522. The van der Waals surface area contributed by atoms with Crippen LogP contribution in [0.3, 0.4) is 0 Å². The van der Waals surface area contributed by atoms with Crippen molar-refractivity contribution in [3.63, 3.8) is 0 Å². The summed E-state index contributed by atoms with van der Waals surface area (Å²) < 4.78 is 19.7. The highest BCUT2D eigenvalue weighted by Crippen LogP contribution is 2.42. The number of ether oxygens (including phenoxy) is 2. The molecule has 1 N–H and O–H groups in total. The molecular formula is C47H60O4Si2. The highest BCUT2D eigenvalue weighted by atomic mass is 28.4. The van der Waals surface area contributed by atoms with Crippen LogP contribution >= 0.6 is 0 Å². The maximum atomic E-state index is 12.5. The van der Waals surface area contributed by atoms with Crippen LogP contribution in [0, 0.1) is 23.7 Å². The van der Waals surface area contributed by atoms with Gasteiger partial charge in [-0.25, -0.2) is 0 Å². The predicted molar refractivity (Wildman–Crippen MR) is 228 cm³/mol. The molecule has 5 rings (SSSR count). The van der Waals surface area contributed by atoms with E-state index in [0.717, 1.165) is 17.4 Å². The molecule has 6 atom stereocenters. The van der Waals surface area contributed by atoms with Gasteiger partial charge in [0.15, 0.2) is 0 Å². The van der Waals surface area contributed by atoms with Crippen molar-refractivity contribution in [3.8, 4) is 5.75 Å². The normalized spacial score (nSPS) is 20.4. The Bertz CT molecular complexity index is 1710. The number of benzene rings is 4. The lowest BCUT2D eigenvalue weighted by Gasteiger charge is -2.45. The first-order valence-corrected chi connectivity index (χ1v) is 24.2. The first kappa shape index (κ1) is 40.4. The van der Waals surface area contributed by atoms with Crippen LogP contribution in [0.2, 0.25) is 24.2 Å². The average Bonchev–Trinajstić information content (AvgIpc) is 3.17. The number of allylic oxidation sites excluding steroid dienone is 2. The van der Waals surface area contributed by atoms with Crippen LogP contribution < -0.4 is 20.3 Å². The van der Waals surface area contributed by atoms with E-state index in [1.54, 1.807) is 7.11 Å². The molecule has 0 saturated carbocycles. The maximum absolute atomic E-state index is 12.5. The summed E-state index contributed by atoms with van der Waals surface area (Å²) in [5.74, 6) is 0.474. The van der Waals surface area contributed by atoms with Gasteiger partial charge in [-0.05, 0) is 45.6 Å². The predicted octanol–water partition coefficient (Wildman–Crippen LogP) is 8.93. The van der Waals surface area contributed by atoms with Gasteiger partial charge >= 0.3 is 0 Å². The molecule has 0 unspecified atom stereocenters. The fourth-order valence-electron chi connectivity index (χ4n) is 8.42. The number of aliphatic hydroxyl groups is 1. The lowest BCUT2D eigenvalue weighted by Crippen LogP contribution is -2.66. The molecule has 0 heterocycles. The van der Waals surface area contributed by atoms with E-state index >= 15 is 0 Å². The second-order valence-electron chi connectivity index (χ2n) is 16.2. The number of hydrogen-bond acceptors (Lipinski definition) is 4. The molecule has 4 nitrogen and oxygen atoms in total. The van der Waals surface area contributed by atoms with E-state index in [1.165, 1.54) is 15.6 Å². The first-order chi connectivity index (χ1) is 25.4. The SMILES string of the molecule is C=C[C@H]1C=C[C@H](C[Si](C)(C)c2ccccc2)[C@@H](OCc2ccc(OC)cc2)[C@H]1[C@@H](O)[C@H](C=C)CCO[Si](c1ccccc1)(c1ccccc1)C(C)(C)C. The largest absolute Gasteiger partial charge is 0.497 e. The second-order valence-corrected chi connectivity index (χ2v) is 25.3. The van der Waals surface area contributed by atoms with Crippen LogP contribution in [0.5, 0.6) is 5.75 Å². The van der Waals surface area contributed by atoms with E-state index in [4.69, 9.17) is 13.9 Å². The van der Waals surface area contributed by atoms with E-state index in [-0.39, 0.29) is 34.8 Å². The third-order valence-corrected chi connectivity index (χ3v) is 19.8. The highest BCUT2D eigenvalue weighted by molar-refractivity contribution is 6.99. The molecule has 6 heteroatoms. The summed E-state index contributed by atoms with van der Waals surface area (Å²) in [6.45, 7) is 21.2. The first-order valence-electron chi connectivity index (χ1n) is 19.1. The fourth-order valence-corrected chi connectivity index (χ4v) is 15.9. The van der Waals surface area contributed by atoms with Gasteiger partial charge in [-0.1, -0.05) is 166 Å². The van der Waals surface area contributed by atoms with Gasteiger partial charge < -0.3 is 19.0 Å². The molecule has 0 amide bonds. The molecule has 53 heavy (non-hydrogen) atoms. The van der Waals surface area contributed by atoms with Crippen LogP contribution in [0.15, 0.2) is 153 Å². The molecule has 0 aromatic heterocycles.